The van der Waals surface area contributed by atoms with Crippen LogP contribution in [0, 0.1) is 5.82 Å². The first kappa shape index (κ1) is 13.9. The van der Waals surface area contributed by atoms with Gasteiger partial charge < -0.3 is 14.6 Å². The summed E-state index contributed by atoms with van der Waals surface area (Å²) in [4.78, 5) is 11.1. The lowest BCUT2D eigenvalue weighted by atomic mass is 10.1. The molecule has 0 aliphatic rings. The fraction of sp³-hybridized carbons (Fsp3) is 0.133. The van der Waals surface area contributed by atoms with Crippen molar-refractivity contribution in [1.82, 2.24) is 0 Å². The second-order valence-electron chi connectivity index (χ2n) is 4.06. The van der Waals surface area contributed by atoms with E-state index in [0.717, 1.165) is 0 Å². The smallest absolute Gasteiger partial charge is 0.339 e. The molecule has 0 heterocycles. The maximum atomic E-state index is 13.4. The van der Waals surface area contributed by atoms with E-state index in [1.165, 1.54) is 25.3 Å². The summed E-state index contributed by atoms with van der Waals surface area (Å²) >= 11 is 0. The molecule has 104 valence electrons. The summed E-state index contributed by atoms with van der Waals surface area (Å²) < 4.78 is 23.7. The zero-order chi connectivity index (χ0) is 14.5. The molecule has 2 aromatic carbocycles. The van der Waals surface area contributed by atoms with Gasteiger partial charge in [0, 0.05) is 0 Å². The van der Waals surface area contributed by atoms with E-state index < -0.39 is 11.8 Å². The average Bonchev–Trinajstić information content (AvgIpc) is 2.46. The van der Waals surface area contributed by atoms with E-state index in [1.54, 1.807) is 24.3 Å². The Morgan fingerprint density at radius 1 is 1.20 bits per heavy atom. The molecule has 0 atom stereocenters. The van der Waals surface area contributed by atoms with Crippen molar-refractivity contribution < 1.29 is 23.8 Å². The molecule has 0 radical (unpaired) electrons. The monoisotopic (exact) mass is 276 g/mol. The molecule has 0 amide bonds. The van der Waals surface area contributed by atoms with Crippen molar-refractivity contribution in [2.45, 2.75) is 6.61 Å². The minimum absolute atomic E-state index is 0.0436. The van der Waals surface area contributed by atoms with Gasteiger partial charge in [0.15, 0.2) is 11.6 Å². The summed E-state index contributed by atoms with van der Waals surface area (Å²) in [6.45, 7) is 0.0746. The number of carboxylic acid groups (broad SMARTS) is 1. The third-order valence-electron chi connectivity index (χ3n) is 2.73. The predicted octanol–water partition coefficient (Wildman–Crippen LogP) is 3.11. The molecule has 0 aliphatic heterocycles. The van der Waals surface area contributed by atoms with Crippen molar-refractivity contribution in [1.29, 1.82) is 0 Å². The number of para-hydroxylation sites is 1. The SMILES string of the molecule is COc1ccc(COc2ccccc2F)cc1C(=O)O. The number of hydrogen-bond acceptors (Lipinski definition) is 3. The maximum absolute atomic E-state index is 13.4. The zero-order valence-electron chi connectivity index (χ0n) is 10.8. The van der Waals surface area contributed by atoms with Crippen molar-refractivity contribution in [3.63, 3.8) is 0 Å². The van der Waals surface area contributed by atoms with Gasteiger partial charge in [-0.3, -0.25) is 0 Å². The molecule has 0 saturated heterocycles. The largest absolute Gasteiger partial charge is 0.496 e. The number of ether oxygens (including phenoxy) is 2. The highest BCUT2D eigenvalue weighted by Crippen LogP contribution is 2.22. The Morgan fingerprint density at radius 3 is 2.60 bits per heavy atom. The molecule has 0 bridgehead atoms. The fourth-order valence-electron chi connectivity index (χ4n) is 1.73. The first-order valence-corrected chi connectivity index (χ1v) is 5.89. The topological polar surface area (TPSA) is 55.8 Å². The Labute approximate surface area is 115 Å². The van der Waals surface area contributed by atoms with Gasteiger partial charge in [0.2, 0.25) is 0 Å². The molecule has 5 heteroatoms. The predicted molar refractivity (Wildman–Crippen MR) is 70.7 cm³/mol. The number of carbonyl (C=O) groups is 1. The summed E-state index contributed by atoms with van der Waals surface area (Å²) in [5.74, 6) is -1.15. The van der Waals surface area contributed by atoms with Gasteiger partial charge in [-0.15, -0.1) is 0 Å². The number of carboxylic acids is 1. The van der Waals surface area contributed by atoms with Crippen molar-refractivity contribution in [3.05, 3.63) is 59.4 Å². The molecule has 2 rings (SSSR count). The van der Waals surface area contributed by atoms with Crippen molar-refractivity contribution >= 4 is 5.97 Å². The minimum atomic E-state index is -1.09. The molecule has 0 aliphatic carbocycles. The minimum Gasteiger partial charge on any atom is -0.496 e. The van der Waals surface area contributed by atoms with Gasteiger partial charge >= 0.3 is 5.97 Å². The second-order valence-corrected chi connectivity index (χ2v) is 4.06. The van der Waals surface area contributed by atoms with Crippen LogP contribution < -0.4 is 9.47 Å². The molecular weight excluding hydrogens is 263 g/mol. The van der Waals surface area contributed by atoms with Gasteiger partial charge in [0.25, 0.3) is 0 Å². The van der Waals surface area contributed by atoms with Crippen molar-refractivity contribution in [2.75, 3.05) is 7.11 Å². The van der Waals surface area contributed by atoms with E-state index in [9.17, 15) is 9.18 Å². The first-order chi connectivity index (χ1) is 9.61. The number of hydrogen-bond donors (Lipinski definition) is 1. The van der Waals surface area contributed by atoms with Gasteiger partial charge in [-0.1, -0.05) is 18.2 Å². The number of benzene rings is 2. The van der Waals surface area contributed by atoms with Crippen LogP contribution in [-0.2, 0) is 6.61 Å². The van der Waals surface area contributed by atoms with Crippen LogP contribution in [0.25, 0.3) is 0 Å². The zero-order valence-corrected chi connectivity index (χ0v) is 10.8. The highest BCUT2D eigenvalue weighted by Gasteiger charge is 2.12. The highest BCUT2D eigenvalue weighted by atomic mass is 19.1. The molecular formula is C15H13FO4. The van der Waals surface area contributed by atoms with Gasteiger partial charge in [-0.25, -0.2) is 9.18 Å². The third kappa shape index (κ3) is 3.06. The molecule has 4 nitrogen and oxygen atoms in total. The molecule has 0 spiro atoms. The van der Waals surface area contributed by atoms with Crippen LogP contribution in [-0.4, -0.2) is 18.2 Å². The number of methoxy groups -OCH3 is 1. The second kappa shape index (κ2) is 6.06. The molecule has 0 fully saturated rings. The molecule has 1 N–H and O–H groups in total. The van der Waals surface area contributed by atoms with Crippen LogP contribution in [0.15, 0.2) is 42.5 Å². The lowest BCUT2D eigenvalue weighted by Gasteiger charge is -2.09. The van der Waals surface area contributed by atoms with E-state index in [2.05, 4.69) is 0 Å². The lowest BCUT2D eigenvalue weighted by Crippen LogP contribution is -2.03. The Hall–Kier alpha value is -2.56. The maximum Gasteiger partial charge on any atom is 0.339 e. The number of aromatic carboxylic acids is 1. The first-order valence-electron chi connectivity index (χ1n) is 5.89. The van der Waals surface area contributed by atoms with Crippen LogP contribution in [0.3, 0.4) is 0 Å². The van der Waals surface area contributed by atoms with Gasteiger partial charge in [-0.05, 0) is 29.8 Å². The average molecular weight is 276 g/mol. The summed E-state index contributed by atoms with van der Waals surface area (Å²) in [5.41, 5.74) is 0.661. The molecule has 20 heavy (non-hydrogen) atoms. The van der Waals surface area contributed by atoms with Crippen LogP contribution in [0.2, 0.25) is 0 Å². The summed E-state index contributed by atoms with van der Waals surface area (Å²) in [5, 5.41) is 9.07. The van der Waals surface area contributed by atoms with E-state index in [0.29, 0.717) is 5.56 Å². The normalized spacial score (nSPS) is 10.1. The van der Waals surface area contributed by atoms with Gasteiger partial charge in [0.05, 0.1) is 7.11 Å². The van der Waals surface area contributed by atoms with Gasteiger partial charge in [0.1, 0.15) is 17.9 Å². The van der Waals surface area contributed by atoms with Crippen LogP contribution >= 0.6 is 0 Å². The summed E-state index contributed by atoms with van der Waals surface area (Å²) in [7, 11) is 1.40. The third-order valence-corrected chi connectivity index (χ3v) is 2.73. The van der Waals surface area contributed by atoms with Crippen molar-refractivity contribution in [2.24, 2.45) is 0 Å². The van der Waals surface area contributed by atoms with E-state index in [-0.39, 0.29) is 23.7 Å². The summed E-state index contributed by atoms with van der Waals surface area (Å²) in [6, 6.07) is 10.7. The number of rotatable bonds is 5. The Kier molecular flexibility index (Phi) is 4.20. The molecule has 2 aromatic rings. The number of halogens is 1. The fourth-order valence-corrected chi connectivity index (χ4v) is 1.73. The molecule has 0 saturated carbocycles. The van der Waals surface area contributed by atoms with Crippen LogP contribution in [0.5, 0.6) is 11.5 Å². The van der Waals surface area contributed by atoms with E-state index in [1.807, 2.05) is 0 Å². The van der Waals surface area contributed by atoms with E-state index in [4.69, 9.17) is 14.6 Å². The molecule has 0 aromatic heterocycles. The highest BCUT2D eigenvalue weighted by molar-refractivity contribution is 5.91. The van der Waals surface area contributed by atoms with Crippen molar-refractivity contribution in [3.8, 4) is 11.5 Å². The van der Waals surface area contributed by atoms with Crippen LogP contribution in [0.4, 0.5) is 4.39 Å². The lowest BCUT2D eigenvalue weighted by molar-refractivity contribution is 0.0693. The Morgan fingerprint density at radius 2 is 1.95 bits per heavy atom. The Balaban J connectivity index is 2.16. The standard InChI is InChI=1S/C15H13FO4/c1-19-13-7-6-10(8-11(13)15(17)18)9-20-14-5-3-2-4-12(14)16/h2-8H,9H2,1H3,(H,17,18). The Bertz CT molecular complexity index is 625. The quantitative estimate of drug-likeness (QED) is 0.911. The summed E-state index contributed by atoms with van der Waals surface area (Å²) in [6.07, 6.45) is 0. The van der Waals surface area contributed by atoms with Crippen LogP contribution in [0.1, 0.15) is 15.9 Å². The van der Waals surface area contributed by atoms with Gasteiger partial charge in [-0.2, -0.15) is 0 Å². The molecule has 0 unspecified atom stereocenters. The van der Waals surface area contributed by atoms with E-state index >= 15 is 0 Å².